The van der Waals surface area contributed by atoms with Gasteiger partial charge in [-0.05, 0) is 19.1 Å². The van der Waals surface area contributed by atoms with Gasteiger partial charge in [-0.2, -0.15) is 0 Å². The standard InChI is InChI=1S/C12H15NO2/c1-8(13)6-10-7-9-4-3-5-11(14-2)12(9)15-10/h3-5,7-8H,6,13H2,1-2H3. The molecule has 0 aliphatic rings. The van der Waals surface area contributed by atoms with Crippen molar-refractivity contribution < 1.29 is 9.15 Å². The maximum atomic E-state index is 5.73. The number of fused-ring (bicyclic) bond motifs is 1. The van der Waals surface area contributed by atoms with Crippen LogP contribution in [0.2, 0.25) is 0 Å². The smallest absolute Gasteiger partial charge is 0.176 e. The Kier molecular flexibility index (Phi) is 2.64. The van der Waals surface area contributed by atoms with E-state index in [0.29, 0.717) is 0 Å². The van der Waals surface area contributed by atoms with Gasteiger partial charge in [-0.1, -0.05) is 12.1 Å². The molecular weight excluding hydrogens is 190 g/mol. The van der Waals surface area contributed by atoms with E-state index in [-0.39, 0.29) is 6.04 Å². The van der Waals surface area contributed by atoms with Gasteiger partial charge in [0.25, 0.3) is 0 Å². The van der Waals surface area contributed by atoms with E-state index in [4.69, 9.17) is 14.9 Å². The third-order valence-corrected chi connectivity index (χ3v) is 2.30. The number of para-hydroxylation sites is 1. The highest BCUT2D eigenvalue weighted by atomic mass is 16.5. The molecule has 1 unspecified atom stereocenters. The van der Waals surface area contributed by atoms with Gasteiger partial charge in [-0.15, -0.1) is 0 Å². The van der Waals surface area contributed by atoms with E-state index in [0.717, 1.165) is 28.9 Å². The van der Waals surface area contributed by atoms with Gasteiger partial charge in [0.1, 0.15) is 5.76 Å². The van der Waals surface area contributed by atoms with Crippen molar-refractivity contribution in [1.82, 2.24) is 0 Å². The van der Waals surface area contributed by atoms with Crippen molar-refractivity contribution in [3.05, 3.63) is 30.0 Å². The molecule has 0 aliphatic heterocycles. The number of hydrogen-bond acceptors (Lipinski definition) is 3. The number of methoxy groups -OCH3 is 1. The molecule has 0 saturated heterocycles. The summed E-state index contributed by atoms with van der Waals surface area (Å²) in [4.78, 5) is 0. The van der Waals surface area contributed by atoms with Gasteiger partial charge in [-0.3, -0.25) is 0 Å². The molecule has 15 heavy (non-hydrogen) atoms. The largest absolute Gasteiger partial charge is 0.493 e. The molecule has 80 valence electrons. The van der Waals surface area contributed by atoms with Crippen LogP contribution in [-0.4, -0.2) is 13.2 Å². The van der Waals surface area contributed by atoms with Crippen molar-refractivity contribution in [2.24, 2.45) is 5.73 Å². The van der Waals surface area contributed by atoms with Crippen LogP contribution in [0.3, 0.4) is 0 Å². The zero-order chi connectivity index (χ0) is 10.8. The van der Waals surface area contributed by atoms with Gasteiger partial charge in [0.05, 0.1) is 7.11 Å². The van der Waals surface area contributed by atoms with E-state index in [1.807, 2.05) is 31.2 Å². The third-order valence-electron chi connectivity index (χ3n) is 2.30. The van der Waals surface area contributed by atoms with Crippen LogP contribution in [-0.2, 0) is 6.42 Å². The summed E-state index contributed by atoms with van der Waals surface area (Å²) < 4.78 is 10.9. The third kappa shape index (κ3) is 1.97. The van der Waals surface area contributed by atoms with E-state index in [1.54, 1.807) is 7.11 Å². The van der Waals surface area contributed by atoms with Crippen LogP contribution in [0.15, 0.2) is 28.7 Å². The summed E-state index contributed by atoms with van der Waals surface area (Å²) in [5, 5.41) is 1.06. The minimum absolute atomic E-state index is 0.108. The van der Waals surface area contributed by atoms with Crippen molar-refractivity contribution in [3.63, 3.8) is 0 Å². The van der Waals surface area contributed by atoms with Gasteiger partial charge in [0.15, 0.2) is 11.3 Å². The van der Waals surface area contributed by atoms with Crippen molar-refractivity contribution in [2.75, 3.05) is 7.11 Å². The Bertz CT molecular complexity index is 460. The summed E-state index contributed by atoms with van der Waals surface area (Å²) in [6, 6.07) is 7.97. The fourth-order valence-corrected chi connectivity index (χ4v) is 1.67. The Balaban J connectivity index is 2.45. The Morgan fingerprint density at radius 2 is 2.27 bits per heavy atom. The summed E-state index contributed by atoms with van der Waals surface area (Å²) in [6.07, 6.45) is 0.748. The Morgan fingerprint density at radius 1 is 1.47 bits per heavy atom. The van der Waals surface area contributed by atoms with Crippen molar-refractivity contribution in [1.29, 1.82) is 0 Å². The number of hydrogen-bond donors (Lipinski definition) is 1. The first kappa shape index (κ1) is 10.1. The summed E-state index contributed by atoms with van der Waals surface area (Å²) in [5.74, 6) is 1.67. The number of ether oxygens (including phenoxy) is 1. The van der Waals surface area contributed by atoms with Gasteiger partial charge in [0, 0.05) is 17.8 Å². The highest BCUT2D eigenvalue weighted by Crippen LogP contribution is 2.28. The minimum Gasteiger partial charge on any atom is -0.493 e. The zero-order valence-electron chi connectivity index (χ0n) is 8.99. The number of benzene rings is 1. The van der Waals surface area contributed by atoms with Crippen LogP contribution >= 0.6 is 0 Å². The van der Waals surface area contributed by atoms with Crippen LogP contribution in [0.25, 0.3) is 11.0 Å². The minimum atomic E-state index is 0.108. The van der Waals surface area contributed by atoms with Crippen LogP contribution < -0.4 is 10.5 Å². The van der Waals surface area contributed by atoms with Crippen molar-refractivity contribution >= 4 is 11.0 Å². The number of furan rings is 1. The Morgan fingerprint density at radius 3 is 2.93 bits per heavy atom. The second kappa shape index (κ2) is 3.95. The van der Waals surface area contributed by atoms with Gasteiger partial charge in [-0.25, -0.2) is 0 Å². The van der Waals surface area contributed by atoms with E-state index < -0.39 is 0 Å². The summed E-state index contributed by atoms with van der Waals surface area (Å²) in [7, 11) is 1.64. The molecule has 2 N–H and O–H groups in total. The maximum Gasteiger partial charge on any atom is 0.176 e. The lowest BCUT2D eigenvalue weighted by atomic mass is 10.2. The quantitative estimate of drug-likeness (QED) is 0.836. The molecule has 2 rings (SSSR count). The molecule has 0 bridgehead atoms. The molecule has 0 aliphatic carbocycles. The molecule has 0 spiro atoms. The molecule has 0 saturated carbocycles. The van der Waals surface area contributed by atoms with Crippen LogP contribution in [0.4, 0.5) is 0 Å². The molecule has 0 amide bonds. The fourth-order valence-electron chi connectivity index (χ4n) is 1.67. The Labute approximate surface area is 88.8 Å². The molecule has 2 aromatic rings. The first-order valence-corrected chi connectivity index (χ1v) is 5.01. The van der Waals surface area contributed by atoms with E-state index in [2.05, 4.69) is 0 Å². The normalized spacial score (nSPS) is 13.0. The molecule has 0 fully saturated rings. The number of nitrogens with two attached hydrogens (primary N) is 1. The fraction of sp³-hybridized carbons (Fsp3) is 0.333. The van der Waals surface area contributed by atoms with Crippen molar-refractivity contribution in [2.45, 2.75) is 19.4 Å². The molecule has 1 aromatic heterocycles. The monoisotopic (exact) mass is 205 g/mol. The second-order valence-electron chi connectivity index (χ2n) is 3.77. The predicted molar refractivity (Wildman–Crippen MR) is 60.1 cm³/mol. The SMILES string of the molecule is COc1cccc2cc(CC(C)N)oc12. The van der Waals surface area contributed by atoms with E-state index in [9.17, 15) is 0 Å². The van der Waals surface area contributed by atoms with Gasteiger partial charge < -0.3 is 14.9 Å². The molecule has 0 radical (unpaired) electrons. The summed E-state index contributed by atoms with van der Waals surface area (Å²) in [6.45, 7) is 1.96. The average Bonchev–Trinajstić information content (AvgIpc) is 2.58. The predicted octanol–water partition coefficient (Wildman–Crippen LogP) is 2.33. The lowest BCUT2D eigenvalue weighted by molar-refractivity contribution is 0.406. The average molecular weight is 205 g/mol. The van der Waals surface area contributed by atoms with Crippen molar-refractivity contribution in [3.8, 4) is 5.75 Å². The molecule has 1 heterocycles. The second-order valence-corrected chi connectivity index (χ2v) is 3.77. The first-order valence-electron chi connectivity index (χ1n) is 5.01. The topological polar surface area (TPSA) is 48.4 Å². The number of rotatable bonds is 3. The lowest BCUT2D eigenvalue weighted by Crippen LogP contribution is -2.17. The zero-order valence-corrected chi connectivity index (χ0v) is 8.99. The van der Waals surface area contributed by atoms with Crippen LogP contribution in [0, 0.1) is 0 Å². The van der Waals surface area contributed by atoms with E-state index >= 15 is 0 Å². The molecule has 1 aromatic carbocycles. The molecule has 1 atom stereocenters. The highest BCUT2D eigenvalue weighted by Gasteiger charge is 2.09. The highest BCUT2D eigenvalue weighted by molar-refractivity contribution is 5.83. The first-order chi connectivity index (χ1) is 7.20. The van der Waals surface area contributed by atoms with Crippen LogP contribution in [0.5, 0.6) is 5.75 Å². The summed E-state index contributed by atoms with van der Waals surface area (Å²) in [5.41, 5.74) is 6.53. The van der Waals surface area contributed by atoms with Crippen LogP contribution in [0.1, 0.15) is 12.7 Å². The lowest BCUT2D eigenvalue weighted by Gasteiger charge is -2.00. The molecule has 3 nitrogen and oxygen atoms in total. The molecule has 3 heteroatoms. The van der Waals surface area contributed by atoms with Gasteiger partial charge >= 0.3 is 0 Å². The van der Waals surface area contributed by atoms with Gasteiger partial charge in [0.2, 0.25) is 0 Å². The Hall–Kier alpha value is -1.48. The maximum absolute atomic E-state index is 5.73. The van der Waals surface area contributed by atoms with E-state index in [1.165, 1.54) is 0 Å². The molecular formula is C12H15NO2. The summed E-state index contributed by atoms with van der Waals surface area (Å²) >= 11 is 0.